The molecule has 0 bridgehead atoms. The fraction of sp³-hybridized carbons (Fsp3) is 0.333. The zero-order valence-electron chi connectivity index (χ0n) is 12.9. The van der Waals surface area contributed by atoms with Gasteiger partial charge in [-0.1, -0.05) is 10.8 Å². The third-order valence-electron chi connectivity index (χ3n) is 3.87. The molecule has 0 saturated carbocycles. The second-order valence-corrected chi connectivity index (χ2v) is 7.82. The number of carbonyl (C=O) groups is 1. The Morgan fingerprint density at radius 2 is 2.20 bits per heavy atom. The molecule has 2 aromatic rings. The minimum Gasteiger partial charge on any atom is -0.480 e. The Balaban J connectivity index is 0.00000225. The van der Waals surface area contributed by atoms with E-state index >= 15 is 0 Å². The SMILES string of the molecule is Cl.NC(CSSc1nccn1C1Cc2cc(F)cc(F)c2C1)C(=O)O. The summed E-state index contributed by atoms with van der Waals surface area (Å²) in [4.78, 5) is 15.0. The maximum absolute atomic E-state index is 13.9. The summed E-state index contributed by atoms with van der Waals surface area (Å²) in [5.41, 5.74) is 6.70. The van der Waals surface area contributed by atoms with Crippen LogP contribution in [0.4, 0.5) is 8.78 Å². The normalized spacial score (nSPS) is 17.0. The molecule has 10 heteroatoms. The van der Waals surface area contributed by atoms with E-state index in [1.807, 2.05) is 4.57 Å². The van der Waals surface area contributed by atoms with Gasteiger partial charge in [0.15, 0.2) is 5.16 Å². The highest BCUT2D eigenvalue weighted by Crippen LogP contribution is 2.37. The van der Waals surface area contributed by atoms with Crippen molar-refractivity contribution in [2.45, 2.75) is 30.1 Å². The summed E-state index contributed by atoms with van der Waals surface area (Å²) in [6.07, 6.45) is 4.45. The Morgan fingerprint density at radius 3 is 2.92 bits per heavy atom. The first-order valence-electron chi connectivity index (χ1n) is 7.23. The third kappa shape index (κ3) is 4.46. The van der Waals surface area contributed by atoms with Crippen molar-refractivity contribution in [3.05, 3.63) is 47.3 Å². The van der Waals surface area contributed by atoms with Crippen molar-refractivity contribution in [2.75, 3.05) is 5.75 Å². The van der Waals surface area contributed by atoms with Crippen molar-refractivity contribution in [1.82, 2.24) is 9.55 Å². The number of carboxylic acids is 1. The highest BCUT2D eigenvalue weighted by atomic mass is 35.5. The summed E-state index contributed by atoms with van der Waals surface area (Å²) in [6.45, 7) is 0. The summed E-state index contributed by atoms with van der Waals surface area (Å²) < 4.78 is 29.2. The molecule has 1 aliphatic rings. The van der Waals surface area contributed by atoms with Crippen LogP contribution < -0.4 is 5.73 Å². The molecule has 1 aromatic carbocycles. The zero-order chi connectivity index (χ0) is 17.3. The van der Waals surface area contributed by atoms with Gasteiger partial charge in [0.1, 0.15) is 17.7 Å². The van der Waals surface area contributed by atoms with Gasteiger partial charge < -0.3 is 15.4 Å². The Labute approximate surface area is 157 Å². The number of hydrogen-bond donors (Lipinski definition) is 2. The van der Waals surface area contributed by atoms with E-state index < -0.39 is 23.6 Å². The van der Waals surface area contributed by atoms with Crippen LogP contribution in [0.5, 0.6) is 0 Å². The van der Waals surface area contributed by atoms with E-state index in [1.54, 1.807) is 12.4 Å². The molecule has 3 N–H and O–H groups in total. The van der Waals surface area contributed by atoms with E-state index in [-0.39, 0.29) is 24.2 Å². The van der Waals surface area contributed by atoms with E-state index in [0.29, 0.717) is 29.1 Å². The molecule has 5 nitrogen and oxygen atoms in total. The second kappa shape index (κ2) is 8.39. The monoisotopic (exact) mass is 407 g/mol. The Morgan fingerprint density at radius 1 is 1.44 bits per heavy atom. The standard InChI is InChI=1S/C15H15F2N3O2S2.ClH/c16-9-3-8-4-10(6-11(8)12(17)5-9)20-2-1-19-15(20)24-23-7-13(18)14(21)22;/h1-3,5,10,13H,4,6-7,18H2,(H,21,22);1H. The molecule has 25 heavy (non-hydrogen) atoms. The Hall–Kier alpha value is -1.29. The van der Waals surface area contributed by atoms with Crippen molar-refractivity contribution < 1.29 is 18.7 Å². The summed E-state index contributed by atoms with van der Waals surface area (Å²) >= 11 is 0. The lowest BCUT2D eigenvalue weighted by Gasteiger charge is -2.14. The molecule has 0 fully saturated rings. The second-order valence-electron chi connectivity index (χ2n) is 5.52. The van der Waals surface area contributed by atoms with Gasteiger partial charge in [0.2, 0.25) is 0 Å². The molecule has 0 radical (unpaired) electrons. The molecule has 2 unspecified atom stereocenters. The number of aromatic nitrogens is 2. The predicted molar refractivity (Wildman–Crippen MR) is 96.2 cm³/mol. The molecule has 3 rings (SSSR count). The van der Waals surface area contributed by atoms with Crippen LogP contribution in [-0.2, 0) is 17.6 Å². The fourth-order valence-corrected chi connectivity index (χ4v) is 4.91. The lowest BCUT2D eigenvalue weighted by atomic mass is 10.1. The Kier molecular flexibility index (Phi) is 6.72. The fourth-order valence-electron chi connectivity index (χ4n) is 2.70. The summed E-state index contributed by atoms with van der Waals surface area (Å²) in [6, 6.07) is 1.32. The van der Waals surface area contributed by atoms with Gasteiger partial charge in [-0.2, -0.15) is 0 Å². The number of rotatable bonds is 6. The Bertz CT molecular complexity index is 775. The van der Waals surface area contributed by atoms with Gasteiger partial charge in [-0.3, -0.25) is 4.79 Å². The first kappa shape index (κ1) is 20.0. The van der Waals surface area contributed by atoms with Gasteiger partial charge in [-0.25, -0.2) is 13.8 Å². The van der Waals surface area contributed by atoms with Crippen LogP contribution in [0.15, 0.2) is 29.7 Å². The average molecular weight is 408 g/mol. The molecule has 0 saturated heterocycles. The highest BCUT2D eigenvalue weighted by Gasteiger charge is 2.28. The predicted octanol–water partition coefficient (Wildman–Crippen LogP) is 3.08. The lowest BCUT2D eigenvalue weighted by molar-refractivity contribution is -0.137. The van der Waals surface area contributed by atoms with Gasteiger partial charge in [0.25, 0.3) is 0 Å². The van der Waals surface area contributed by atoms with E-state index in [0.717, 1.165) is 6.07 Å². The van der Waals surface area contributed by atoms with Crippen molar-refractivity contribution in [2.24, 2.45) is 5.73 Å². The van der Waals surface area contributed by atoms with Gasteiger partial charge in [-0.05, 0) is 40.8 Å². The number of benzene rings is 1. The number of imidazole rings is 1. The minimum absolute atomic E-state index is 0. The van der Waals surface area contributed by atoms with Crippen molar-refractivity contribution in [1.29, 1.82) is 0 Å². The van der Waals surface area contributed by atoms with Crippen LogP contribution >= 0.6 is 34.0 Å². The van der Waals surface area contributed by atoms with Gasteiger partial charge in [-0.15, -0.1) is 12.4 Å². The molecular weight excluding hydrogens is 392 g/mol. The summed E-state index contributed by atoms with van der Waals surface area (Å²) in [7, 11) is 2.63. The van der Waals surface area contributed by atoms with Crippen LogP contribution in [0.2, 0.25) is 0 Å². The van der Waals surface area contributed by atoms with Gasteiger partial charge in [0, 0.05) is 30.3 Å². The number of halogens is 3. The van der Waals surface area contributed by atoms with E-state index in [2.05, 4.69) is 4.98 Å². The van der Waals surface area contributed by atoms with Crippen LogP contribution in [0.1, 0.15) is 17.2 Å². The van der Waals surface area contributed by atoms with Crippen molar-refractivity contribution in [3.63, 3.8) is 0 Å². The van der Waals surface area contributed by atoms with Crippen molar-refractivity contribution in [3.8, 4) is 0 Å². The van der Waals surface area contributed by atoms with Gasteiger partial charge in [0.05, 0.1) is 0 Å². The average Bonchev–Trinajstić information content (AvgIpc) is 3.13. The third-order valence-corrected chi connectivity index (χ3v) is 6.16. The summed E-state index contributed by atoms with van der Waals surface area (Å²) in [5.74, 6) is -1.87. The molecule has 1 aromatic heterocycles. The maximum atomic E-state index is 13.9. The number of carboxylic acid groups (broad SMARTS) is 1. The molecule has 2 atom stereocenters. The molecule has 0 spiro atoms. The van der Waals surface area contributed by atoms with E-state index in [9.17, 15) is 13.6 Å². The molecular formula is C15H16ClF2N3O2S2. The number of hydrogen-bond acceptors (Lipinski definition) is 5. The summed E-state index contributed by atoms with van der Waals surface area (Å²) in [5, 5.41) is 9.47. The molecule has 1 aliphatic carbocycles. The number of nitrogens with two attached hydrogens (primary N) is 1. The van der Waals surface area contributed by atoms with Crippen LogP contribution in [0.25, 0.3) is 0 Å². The minimum atomic E-state index is -1.05. The molecule has 0 aliphatic heterocycles. The molecule has 136 valence electrons. The first-order chi connectivity index (χ1) is 11.5. The molecule has 0 amide bonds. The highest BCUT2D eigenvalue weighted by molar-refractivity contribution is 8.76. The topological polar surface area (TPSA) is 81.1 Å². The number of aliphatic carboxylic acids is 1. The maximum Gasteiger partial charge on any atom is 0.321 e. The van der Waals surface area contributed by atoms with Crippen LogP contribution in [0, 0.1) is 11.6 Å². The first-order valence-corrected chi connectivity index (χ1v) is 9.55. The number of nitrogens with zero attached hydrogens (tertiary/aromatic N) is 2. The van der Waals surface area contributed by atoms with Crippen molar-refractivity contribution >= 4 is 40.0 Å². The van der Waals surface area contributed by atoms with E-state index in [4.69, 9.17) is 10.8 Å². The van der Waals surface area contributed by atoms with Gasteiger partial charge >= 0.3 is 5.97 Å². The number of fused-ring (bicyclic) bond motifs is 1. The van der Waals surface area contributed by atoms with E-state index in [1.165, 1.54) is 27.7 Å². The largest absolute Gasteiger partial charge is 0.480 e. The smallest absolute Gasteiger partial charge is 0.321 e. The zero-order valence-corrected chi connectivity index (χ0v) is 15.3. The van der Waals surface area contributed by atoms with Crippen LogP contribution in [-0.4, -0.2) is 32.4 Å². The quantitative estimate of drug-likeness (QED) is 0.716. The molecule has 1 heterocycles. The lowest BCUT2D eigenvalue weighted by Crippen LogP contribution is -2.32. The van der Waals surface area contributed by atoms with Crippen LogP contribution in [0.3, 0.4) is 0 Å².